The predicted molar refractivity (Wildman–Crippen MR) is 113 cm³/mol. The SMILES string of the molecule is O=C(c1ccccc1S(=O)(=O)N1CCOCC1)N1CCN(c2ncccc2Cl)CC1. The van der Waals surface area contributed by atoms with Gasteiger partial charge in [-0.3, -0.25) is 4.79 Å². The zero-order chi connectivity index (χ0) is 21.1. The van der Waals surface area contributed by atoms with Gasteiger partial charge in [-0.1, -0.05) is 23.7 Å². The Kier molecular flexibility index (Phi) is 6.24. The van der Waals surface area contributed by atoms with E-state index in [4.69, 9.17) is 16.3 Å². The lowest BCUT2D eigenvalue weighted by molar-refractivity contribution is 0.0722. The standard InChI is InChI=1S/C20H23ClN4O4S/c21-17-5-3-7-22-19(17)23-8-10-24(11-9-23)20(26)16-4-1-2-6-18(16)30(27,28)25-12-14-29-15-13-25/h1-7H,8-15H2. The Morgan fingerprint density at radius 1 is 0.967 bits per heavy atom. The van der Waals surface area contributed by atoms with Gasteiger partial charge < -0.3 is 14.5 Å². The molecular weight excluding hydrogens is 428 g/mol. The molecule has 2 aliphatic rings. The average Bonchev–Trinajstić information content (AvgIpc) is 2.80. The van der Waals surface area contributed by atoms with E-state index in [2.05, 4.69) is 4.98 Å². The molecule has 0 unspecified atom stereocenters. The third-order valence-electron chi connectivity index (χ3n) is 5.31. The minimum atomic E-state index is -3.77. The van der Waals surface area contributed by atoms with Crippen LogP contribution in [0.15, 0.2) is 47.5 Å². The summed E-state index contributed by atoms with van der Waals surface area (Å²) in [5.41, 5.74) is 0.202. The largest absolute Gasteiger partial charge is 0.379 e. The van der Waals surface area contributed by atoms with Crippen LogP contribution in [0.2, 0.25) is 5.02 Å². The highest BCUT2D eigenvalue weighted by atomic mass is 35.5. The van der Waals surface area contributed by atoms with E-state index in [-0.39, 0.29) is 29.5 Å². The first-order chi connectivity index (χ1) is 14.5. The van der Waals surface area contributed by atoms with Crippen LogP contribution < -0.4 is 4.90 Å². The van der Waals surface area contributed by atoms with Crippen LogP contribution in [0, 0.1) is 0 Å². The lowest BCUT2D eigenvalue weighted by Crippen LogP contribution is -2.49. The molecule has 0 N–H and O–H groups in total. The van der Waals surface area contributed by atoms with Crippen LogP contribution in [0.1, 0.15) is 10.4 Å². The van der Waals surface area contributed by atoms with Crippen molar-refractivity contribution in [1.29, 1.82) is 0 Å². The van der Waals surface area contributed by atoms with Crippen molar-refractivity contribution in [3.63, 3.8) is 0 Å². The number of carbonyl (C=O) groups is 1. The van der Waals surface area contributed by atoms with Crippen LogP contribution in [0.4, 0.5) is 5.82 Å². The second kappa shape index (κ2) is 8.89. The third kappa shape index (κ3) is 4.15. The number of aromatic nitrogens is 1. The number of morpholine rings is 1. The van der Waals surface area contributed by atoms with E-state index < -0.39 is 10.0 Å². The normalized spacial score (nSPS) is 18.4. The van der Waals surface area contributed by atoms with Gasteiger partial charge in [0.1, 0.15) is 5.82 Å². The lowest BCUT2D eigenvalue weighted by Gasteiger charge is -2.36. The summed E-state index contributed by atoms with van der Waals surface area (Å²) >= 11 is 6.23. The van der Waals surface area contributed by atoms with Gasteiger partial charge >= 0.3 is 0 Å². The molecule has 1 aromatic carbocycles. The summed E-state index contributed by atoms with van der Waals surface area (Å²) in [5.74, 6) is 0.413. The van der Waals surface area contributed by atoms with E-state index in [1.807, 2.05) is 4.90 Å². The van der Waals surface area contributed by atoms with Crippen molar-refractivity contribution >= 4 is 33.3 Å². The molecule has 10 heteroatoms. The van der Waals surface area contributed by atoms with Gasteiger partial charge in [-0.15, -0.1) is 0 Å². The van der Waals surface area contributed by atoms with Gasteiger partial charge in [0.2, 0.25) is 10.0 Å². The van der Waals surface area contributed by atoms with Gasteiger partial charge in [0.15, 0.2) is 0 Å². The van der Waals surface area contributed by atoms with Gasteiger partial charge in [0.05, 0.1) is 28.7 Å². The first-order valence-corrected chi connectivity index (χ1v) is 11.6. The number of ether oxygens (including phenoxy) is 1. The van der Waals surface area contributed by atoms with Crippen molar-refractivity contribution in [1.82, 2.24) is 14.2 Å². The zero-order valence-corrected chi connectivity index (χ0v) is 18.0. The minimum absolute atomic E-state index is 0.0482. The number of halogens is 1. The van der Waals surface area contributed by atoms with Crippen LogP contribution in [-0.4, -0.2) is 81.0 Å². The first-order valence-electron chi connectivity index (χ1n) is 9.80. The number of hydrogen-bond donors (Lipinski definition) is 0. The molecule has 4 rings (SSSR count). The van der Waals surface area contributed by atoms with Gasteiger partial charge in [0, 0.05) is 45.5 Å². The van der Waals surface area contributed by atoms with E-state index >= 15 is 0 Å². The van der Waals surface area contributed by atoms with Crippen LogP contribution >= 0.6 is 11.6 Å². The predicted octanol–water partition coefficient (Wildman–Crippen LogP) is 1.72. The third-order valence-corrected chi connectivity index (χ3v) is 7.56. The van der Waals surface area contributed by atoms with Gasteiger partial charge in [-0.25, -0.2) is 13.4 Å². The van der Waals surface area contributed by atoms with Crippen molar-refractivity contribution in [2.24, 2.45) is 0 Å². The molecule has 0 radical (unpaired) electrons. The minimum Gasteiger partial charge on any atom is -0.379 e. The van der Waals surface area contributed by atoms with E-state index in [1.165, 1.54) is 10.4 Å². The van der Waals surface area contributed by atoms with E-state index in [1.54, 1.807) is 41.4 Å². The van der Waals surface area contributed by atoms with E-state index in [9.17, 15) is 13.2 Å². The number of amides is 1. The fourth-order valence-electron chi connectivity index (χ4n) is 3.70. The number of hydrogen-bond acceptors (Lipinski definition) is 6. The van der Waals surface area contributed by atoms with Crippen LogP contribution in [-0.2, 0) is 14.8 Å². The second-order valence-corrected chi connectivity index (χ2v) is 9.41. The molecule has 2 fully saturated rings. The summed E-state index contributed by atoms with van der Waals surface area (Å²) in [4.78, 5) is 21.3. The summed E-state index contributed by atoms with van der Waals surface area (Å²) in [6.45, 7) is 3.33. The van der Waals surface area contributed by atoms with Gasteiger partial charge in [-0.05, 0) is 24.3 Å². The maximum atomic E-state index is 13.2. The molecule has 2 saturated heterocycles. The molecule has 1 amide bonds. The quantitative estimate of drug-likeness (QED) is 0.705. The highest BCUT2D eigenvalue weighted by molar-refractivity contribution is 7.89. The first kappa shape index (κ1) is 21.0. The monoisotopic (exact) mass is 450 g/mol. The zero-order valence-electron chi connectivity index (χ0n) is 16.4. The van der Waals surface area contributed by atoms with Crippen LogP contribution in [0.3, 0.4) is 0 Å². The Labute approximate surface area is 181 Å². The molecule has 0 spiro atoms. The maximum absolute atomic E-state index is 13.2. The molecule has 8 nitrogen and oxygen atoms in total. The fraction of sp³-hybridized carbons (Fsp3) is 0.400. The molecule has 3 heterocycles. The summed E-state index contributed by atoms with van der Waals surface area (Å²) in [6, 6.07) is 9.98. The van der Waals surface area contributed by atoms with E-state index in [0.29, 0.717) is 50.2 Å². The summed E-state index contributed by atoms with van der Waals surface area (Å²) < 4.78 is 32.9. The molecule has 0 atom stereocenters. The number of piperazine rings is 1. The maximum Gasteiger partial charge on any atom is 0.255 e. The summed E-state index contributed by atoms with van der Waals surface area (Å²) in [5, 5.41) is 0.569. The van der Waals surface area contributed by atoms with Crippen LogP contribution in [0.5, 0.6) is 0 Å². The highest BCUT2D eigenvalue weighted by Crippen LogP contribution is 2.26. The number of nitrogens with zero attached hydrogens (tertiary/aromatic N) is 4. The Morgan fingerprint density at radius 2 is 1.67 bits per heavy atom. The number of carbonyl (C=O) groups excluding carboxylic acids is 1. The number of pyridine rings is 1. The Balaban J connectivity index is 1.52. The second-order valence-electron chi connectivity index (χ2n) is 7.10. The van der Waals surface area contributed by atoms with Crippen molar-refractivity contribution < 1.29 is 17.9 Å². The summed E-state index contributed by atoms with van der Waals surface area (Å²) in [7, 11) is -3.77. The molecule has 2 aliphatic heterocycles. The molecule has 1 aromatic heterocycles. The molecule has 30 heavy (non-hydrogen) atoms. The van der Waals surface area contributed by atoms with Crippen molar-refractivity contribution in [3.8, 4) is 0 Å². The molecular formula is C20H23ClN4O4S. The number of sulfonamides is 1. The number of rotatable bonds is 4. The molecule has 160 valence electrons. The summed E-state index contributed by atoms with van der Waals surface area (Å²) in [6.07, 6.45) is 1.69. The number of anilines is 1. The van der Waals surface area contributed by atoms with E-state index in [0.717, 1.165) is 0 Å². The van der Waals surface area contributed by atoms with Crippen molar-refractivity contribution in [2.45, 2.75) is 4.90 Å². The van der Waals surface area contributed by atoms with Gasteiger partial charge in [-0.2, -0.15) is 4.31 Å². The average molecular weight is 451 g/mol. The lowest BCUT2D eigenvalue weighted by atomic mass is 10.2. The Hall–Kier alpha value is -2.20. The smallest absolute Gasteiger partial charge is 0.255 e. The van der Waals surface area contributed by atoms with Gasteiger partial charge in [0.25, 0.3) is 5.91 Å². The Morgan fingerprint density at radius 3 is 2.37 bits per heavy atom. The highest BCUT2D eigenvalue weighted by Gasteiger charge is 2.32. The molecule has 0 bridgehead atoms. The molecule has 2 aromatic rings. The van der Waals surface area contributed by atoms with Crippen molar-refractivity contribution in [3.05, 3.63) is 53.2 Å². The Bertz CT molecular complexity index is 1020. The van der Waals surface area contributed by atoms with Crippen molar-refractivity contribution in [2.75, 3.05) is 57.4 Å². The topological polar surface area (TPSA) is 83.0 Å². The molecule has 0 saturated carbocycles. The fourth-order valence-corrected chi connectivity index (χ4v) is 5.53. The number of benzene rings is 1. The van der Waals surface area contributed by atoms with Crippen LogP contribution in [0.25, 0.3) is 0 Å². The molecule has 0 aliphatic carbocycles.